The van der Waals surface area contributed by atoms with E-state index in [1.165, 1.54) is 22.3 Å². The van der Waals surface area contributed by atoms with Gasteiger partial charge in [0.2, 0.25) is 0 Å². The van der Waals surface area contributed by atoms with Crippen LogP contribution in [0.25, 0.3) is 11.1 Å². The number of nitrogens with two attached hydrogens (primary N) is 1. The first-order chi connectivity index (χ1) is 16.6. The second-order valence-electron chi connectivity index (χ2n) is 9.38. The highest BCUT2D eigenvalue weighted by Crippen LogP contribution is 2.29. The van der Waals surface area contributed by atoms with Gasteiger partial charge in [-0.25, -0.2) is 0 Å². The normalized spacial score (nSPS) is 18.3. The fraction of sp³-hybridized carbons (Fsp3) is 0.233. The van der Waals surface area contributed by atoms with Crippen LogP contribution < -0.4 is 16.4 Å². The monoisotopic (exact) mass is 448 g/mol. The van der Waals surface area contributed by atoms with Crippen molar-refractivity contribution in [3.8, 4) is 11.1 Å². The molecule has 0 radical (unpaired) electrons. The lowest BCUT2D eigenvalue weighted by Gasteiger charge is -2.26. The molecule has 2 aliphatic rings. The predicted molar refractivity (Wildman–Crippen MR) is 141 cm³/mol. The van der Waals surface area contributed by atoms with E-state index in [9.17, 15) is 0 Å². The highest BCUT2D eigenvalue weighted by Gasteiger charge is 2.19. The van der Waals surface area contributed by atoms with Gasteiger partial charge in [-0.05, 0) is 96.5 Å². The molecule has 4 N–H and O–H groups in total. The number of hydrogen-bond acceptors (Lipinski definition) is 4. The van der Waals surface area contributed by atoms with Crippen molar-refractivity contribution in [1.82, 2.24) is 15.6 Å². The maximum atomic E-state index is 6.36. The molecule has 0 fully saturated rings. The minimum atomic E-state index is 0.142. The first-order valence-corrected chi connectivity index (χ1v) is 12.1. The molecule has 1 atom stereocenters. The van der Waals surface area contributed by atoms with Gasteiger partial charge in [0.25, 0.3) is 0 Å². The molecule has 0 saturated carbocycles. The van der Waals surface area contributed by atoms with Crippen LogP contribution in [0.4, 0.5) is 5.69 Å². The van der Waals surface area contributed by atoms with Gasteiger partial charge in [-0.1, -0.05) is 36.9 Å². The Morgan fingerprint density at radius 2 is 1.82 bits per heavy atom. The largest absolute Gasteiger partial charge is 0.398 e. The van der Waals surface area contributed by atoms with Crippen LogP contribution >= 0.6 is 0 Å². The van der Waals surface area contributed by atoms with Crippen LogP contribution in [-0.4, -0.2) is 4.98 Å². The third-order valence-corrected chi connectivity index (χ3v) is 6.82. The molecule has 0 amide bonds. The molecule has 172 valence electrons. The van der Waals surface area contributed by atoms with Crippen molar-refractivity contribution in [3.63, 3.8) is 0 Å². The van der Waals surface area contributed by atoms with E-state index in [1.807, 2.05) is 24.7 Å². The highest BCUT2D eigenvalue weighted by atomic mass is 15.0. The van der Waals surface area contributed by atoms with Gasteiger partial charge in [-0.2, -0.15) is 0 Å². The fourth-order valence-corrected chi connectivity index (χ4v) is 4.90. The Bertz CT molecular complexity index is 1280. The topological polar surface area (TPSA) is 63.0 Å². The summed E-state index contributed by atoms with van der Waals surface area (Å²) in [5, 5.41) is 7.09. The third kappa shape index (κ3) is 4.76. The first kappa shape index (κ1) is 22.0. The zero-order valence-corrected chi connectivity index (χ0v) is 19.8. The molecule has 4 heteroatoms. The van der Waals surface area contributed by atoms with Gasteiger partial charge in [0, 0.05) is 41.5 Å². The average Bonchev–Trinajstić information content (AvgIpc) is 2.84. The van der Waals surface area contributed by atoms with Crippen LogP contribution in [0.15, 0.2) is 96.7 Å². The minimum absolute atomic E-state index is 0.142. The number of nitrogens with one attached hydrogen (secondary N) is 2. The maximum Gasteiger partial charge on any atom is 0.0742 e. The van der Waals surface area contributed by atoms with E-state index in [0.29, 0.717) is 6.42 Å². The predicted octanol–water partition coefficient (Wildman–Crippen LogP) is 5.99. The van der Waals surface area contributed by atoms with Crippen molar-refractivity contribution in [3.05, 3.63) is 119 Å². The minimum Gasteiger partial charge on any atom is -0.398 e. The number of rotatable bonds is 0. The summed E-state index contributed by atoms with van der Waals surface area (Å²) in [4.78, 5) is 4.52. The molecule has 34 heavy (non-hydrogen) atoms. The van der Waals surface area contributed by atoms with E-state index < -0.39 is 0 Å². The summed E-state index contributed by atoms with van der Waals surface area (Å²) in [5.74, 6) is 0. The smallest absolute Gasteiger partial charge is 0.0742 e. The van der Waals surface area contributed by atoms with Crippen LogP contribution in [0.3, 0.4) is 0 Å². The van der Waals surface area contributed by atoms with Crippen LogP contribution in [0.1, 0.15) is 48.1 Å². The Labute approximate surface area is 202 Å². The lowest BCUT2D eigenvalue weighted by molar-refractivity contribution is 0.677. The molecule has 4 nitrogen and oxygen atoms in total. The molecule has 3 heterocycles. The number of fused-ring (bicyclic) bond motifs is 9. The van der Waals surface area contributed by atoms with E-state index in [1.54, 1.807) is 0 Å². The van der Waals surface area contributed by atoms with E-state index in [2.05, 4.69) is 77.7 Å². The van der Waals surface area contributed by atoms with Crippen molar-refractivity contribution in [2.45, 2.75) is 45.1 Å². The van der Waals surface area contributed by atoms with Gasteiger partial charge < -0.3 is 16.4 Å². The van der Waals surface area contributed by atoms with Gasteiger partial charge in [-0.15, -0.1) is 0 Å². The van der Waals surface area contributed by atoms with Gasteiger partial charge in [-0.3, -0.25) is 4.98 Å². The summed E-state index contributed by atoms with van der Waals surface area (Å²) in [6, 6.07) is 17.6. The molecule has 2 aromatic carbocycles. The molecule has 8 bridgehead atoms. The molecule has 1 unspecified atom stereocenters. The Hall–Kier alpha value is -3.79. The second-order valence-corrected chi connectivity index (χ2v) is 9.38. The summed E-state index contributed by atoms with van der Waals surface area (Å²) < 4.78 is 0. The molecule has 0 aliphatic carbocycles. The summed E-state index contributed by atoms with van der Waals surface area (Å²) in [6.45, 7) is 6.50. The second kappa shape index (κ2) is 9.60. The fourth-order valence-electron chi connectivity index (χ4n) is 4.90. The SMILES string of the molecule is C=C1Cc2cc(ccc2N)-c2cncc(c2)CCCCc2cccc(c2)C2NC=CC(=C2C)N1. The number of allylic oxidation sites excluding steroid dienone is 2. The molecular weight excluding hydrogens is 416 g/mol. The van der Waals surface area contributed by atoms with Crippen molar-refractivity contribution in [1.29, 1.82) is 0 Å². The molecule has 0 spiro atoms. The number of nitrogens with zero attached hydrogens (tertiary/aromatic N) is 1. The Morgan fingerprint density at radius 1 is 0.971 bits per heavy atom. The molecule has 1 aromatic heterocycles. The summed E-state index contributed by atoms with van der Waals surface area (Å²) in [5.41, 5.74) is 17.7. The van der Waals surface area contributed by atoms with Crippen molar-refractivity contribution in [2.75, 3.05) is 5.73 Å². The number of aromatic nitrogens is 1. The summed E-state index contributed by atoms with van der Waals surface area (Å²) >= 11 is 0. The number of benzene rings is 2. The van der Waals surface area contributed by atoms with E-state index in [-0.39, 0.29) is 6.04 Å². The van der Waals surface area contributed by atoms with E-state index >= 15 is 0 Å². The zero-order valence-electron chi connectivity index (χ0n) is 19.8. The molecule has 3 aromatic rings. The quantitative estimate of drug-likeness (QED) is 0.370. The highest BCUT2D eigenvalue weighted by molar-refractivity contribution is 5.68. The number of pyridine rings is 1. The number of anilines is 1. The Balaban J connectivity index is 1.52. The summed E-state index contributed by atoms with van der Waals surface area (Å²) in [6.07, 6.45) is 13.1. The molecule has 0 saturated heterocycles. The van der Waals surface area contributed by atoms with Crippen molar-refractivity contribution < 1.29 is 0 Å². The van der Waals surface area contributed by atoms with Gasteiger partial charge in [0.05, 0.1) is 6.04 Å². The van der Waals surface area contributed by atoms with Crippen LogP contribution in [0.2, 0.25) is 0 Å². The Kier molecular flexibility index (Phi) is 6.22. The van der Waals surface area contributed by atoms with Crippen LogP contribution in [-0.2, 0) is 19.3 Å². The molecule has 2 aliphatic heterocycles. The average molecular weight is 449 g/mol. The number of hydrogen-bond donors (Lipinski definition) is 3. The van der Waals surface area contributed by atoms with E-state index in [4.69, 9.17) is 5.73 Å². The maximum absolute atomic E-state index is 6.36. The first-order valence-electron chi connectivity index (χ1n) is 12.1. The lowest BCUT2D eigenvalue weighted by atomic mass is 9.93. The van der Waals surface area contributed by atoms with Gasteiger partial charge >= 0.3 is 0 Å². The van der Waals surface area contributed by atoms with Crippen LogP contribution in [0.5, 0.6) is 0 Å². The number of dihydropyridines is 1. The van der Waals surface area contributed by atoms with Crippen molar-refractivity contribution in [2.24, 2.45) is 0 Å². The Morgan fingerprint density at radius 3 is 2.71 bits per heavy atom. The standard InChI is InChI=1S/C30H32N4/c1-20-14-26-17-24(10-11-28(26)31)27-16-23(18-32-19-27)7-4-3-6-22-8-5-9-25(15-22)30-21(2)29(34-20)12-13-33-30/h5,8-13,15-19,30,33-34H,1,3-4,6-7,14,31H2,2H3. The lowest BCUT2D eigenvalue weighted by Crippen LogP contribution is -2.26. The zero-order chi connectivity index (χ0) is 23.5. The molecular formula is C30H32N4. The van der Waals surface area contributed by atoms with Crippen LogP contribution in [0, 0.1) is 0 Å². The molecule has 5 rings (SSSR count). The number of nitrogen functional groups attached to an aromatic ring is 1. The summed E-state index contributed by atoms with van der Waals surface area (Å²) in [7, 11) is 0. The van der Waals surface area contributed by atoms with E-state index in [0.717, 1.165) is 59.5 Å². The van der Waals surface area contributed by atoms with Gasteiger partial charge in [0.1, 0.15) is 0 Å². The van der Waals surface area contributed by atoms with Gasteiger partial charge in [0.15, 0.2) is 0 Å². The number of aryl methyl sites for hydroxylation is 2. The third-order valence-electron chi connectivity index (χ3n) is 6.82. The van der Waals surface area contributed by atoms with Crippen molar-refractivity contribution >= 4 is 5.69 Å².